The lowest BCUT2D eigenvalue weighted by Crippen LogP contribution is -2.51. The molecule has 0 bridgehead atoms. The van der Waals surface area contributed by atoms with Gasteiger partial charge in [-0.05, 0) is 29.7 Å². The highest BCUT2D eigenvalue weighted by molar-refractivity contribution is 7.89. The third-order valence-corrected chi connectivity index (χ3v) is 7.23. The van der Waals surface area contributed by atoms with E-state index in [9.17, 15) is 17.6 Å². The zero-order valence-corrected chi connectivity index (χ0v) is 18.2. The number of piperazine rings is 1. The van der Waals surface area contributed by atoms with E-state index in [2.05, 4.69) is 19.2 Å². The molecule has 0 unspecified atom stereocenters. The van der Waals surface area contributed by atoms with Crippen LogP contribution in [0.5, 0.6) is 0 Å². The SMILES string of the molecule is CC(C)c1ccc(S(=O)(=O)N2CCN(CC(=O)NCc3ccccc3F)CC2)cc1. The van der Waals surface area contributed by atoms with Crippen LogP contribution in [0.2, 0.25) is 0 Å². The van der Waals surface area contributed by atoms with E-state index < -0.39 is 10.0 Å². The van der Waals surface area contributed by atoms with Gasteiger partial charge in [0.2, 0.25) is 15.9 Å². The van der Waals surface area contributed by atoms with Crippen LogP contribution in [0.25, 0.3) is 0 Å². The molecule has 1 heterocycles. The van der Waals surface area contributed by atoms with Gasteiger partial charge in [-0.15, -0.1) is 0 Å². The van der Waals surface area contributed by atoms with Gasteiger partial charge in [-0.2, -0.15) is 4.31 Å². The molecule has 1 N–H and O–H groups in total. The van der Waals surface area contributed by atoms with Gasteiger partial charge in [0.05, 0.1) is 11.4 Å². The Morgan fingerprint density at radius 1 is 1.03 bits per heavy atom. The van der Waals surface area contributed by atoms with E-state index in [1.165, 1.54) is 10.4 Å². The molecule has 2 aromatic rings. The van der Waals surface area contributed by atoms with Crippen LogP contribution in [0.15, 0.2) is 53.4 Å². The molecule has 1 aliphatic rings. The predicted molar refractivity (Wildman–Crippen MR) is 114 cm³/mol. The summed E-state index contributed by atoms with van der Waals surface area (Å²) in [5.74, 6) is -0.216. The second kappa shape index (κ2) is 9.68. The minimum Gasteiger partial charge on any atom is -0.351 e. The van der Waals surface area contributed by atoms with Crippen molar-refractivity contribution in [2.45, 2.75) is 31.2 Å². The van der Waals surface area contributed by atoms with E-state index in [0.29, 0.717) is 42.6 Å². The molecule has 1 saturated heterocycles. The molecule has 6 nitrogen and oxygen atoms in total. The van der Waals surface area contributed by atoms with Crippen LogP contribution in [0.3, 0.4) is 0 Å². The fourth-order valence-electron chi connectivity index (χ4n) is 3.40. The lowest BCUT2D eigenvalue weighted by atomic mass is 10.0. The molecule has 1 aliphatic heterocycles. The molecule has 0 saturated carbocycles. The highest BCUT2D eigenvalue weighted by Gasteiger charge is 2.29. The summed E-state index contributed by atoms with van der Waals surface area (Å²) >= 11 is 0. The number of hydrogen-bond acceptors (Lipinski definition) is 4. The van der Waals surface area contributed by atoms with Gasteiger partial charge in [0.1, 0.15) is 5.82 Å². The Bertz CT molecular complexity index is 969. The number of amides is 1. The molecular weight excluding hydrogens is 405 g/mol. The normalized spacial score (nSPS) is 16.0. The highest BCUT2D eigenvalue weighted by atomic mass is 32.2. The minimum atomic E-state index is -3.54. The maximum Gasteiger partial charge on any atom is 0.243 e. The van der Waals surface area contributed by atoms with Crippen molar-refractivity contribution in [2.24, 2.45) is 0 Å². The lowest BCUT2D eigenvalue weighted by Gasteiger charge is -2.33. The van der Waals surface area contributed by atoms with Crippen molar-refractivity contribution >= 4 is 15.9 Å². The first kappa shape index (κ1) is 22.4. The van der Waals surface area contributed by atoms with Gasteiger partial charge in [-0.25, -0.2) is 12.8 Å². The maximum atomic E-state index is 13.6. The van der Waals surface area contributed by atoms with Gasteiger partial charge in [0.25, 0.3) is 0 Å². The number of hydrogen-bond donors (Lipinski definition) is 1. The molecule has 2 aromatic carbocycles. The summed E-state index contributed by atoms with van der Waals surface area (Å²) in [6.07, 6.45) is 0. The van der Waals surface area contributed by atoms with Crippen molar-refractivity contribution in [1.29, 1.82) is 0 Å². The Labute approximate surface area is 177 Å². The van der Waals surface area contributed by atoms with Crippen LogP contribution in [0, 0.1) is 5.82 Å². The Kier molecular flexibility index (Phi) is 7.23. The highest BCUT2D eigenvalue weighted by Crippen LogP contribution is 2.21. The summed E-state index contributed by atoms with van der Waals surface area (Å²) < 4.78 is 40.9. The molecule has 0 aliphatic carbocycles. The first-order valence-electron chi connectivity index (χ1n) is 10.1. The smallest absolute Gasteiger partial charge is 0.243 e. The Morgan fingerprint density at radius 2 is 1.67 bits per heavy atom. The molecule has 162 valence electrons. The van der Waals surface area contributed by atoms with Crippen LogP contribution < -0.4 is 5.32 Å². The largest absolute Gasteiger partial charge is 0.351 e. The summed E-state index contributed by atoms with van der Waals surface area (Å²) in [5.41, 5.74) is 1.53. The Morgan fingerprint density at radius 3 is 2.27 bits per heavy atom. The third kappa shape index (κ3) is 5.44. The first-order valence-corrected chi connectivity index (χ1v) is 11.5. The molecule has 0 radical (unpaired) electrons. The fourth-order valence-corrected chi connectivity index (χ4v) is 4.82. The van der Waals surface area contributed by atoms with E-state index in [-0.39, 0.29) is 24.8 Å². The number of carbonyl (C=O) groups excluding carboxylic acids is 1. The van der Waals surface area contributed by atoms with Gasteiger partial charge in [-0.1, -0.05) is 44.2 Å². The number of nitrogens with zero attached hydrogens (tertiary/aromatic N) is 2. The predicted octanol–water partition coefficient (Wildman–Crippen LogP) is 2.57. The molecule has 1 amide bonds. The number of nitrogens with one attached hydrogen (secondary N) is 1. The monoisotopic (exact) mass is 433 g/mol. The summed E-state index contributed by atoms with van der Waals surface area (Å²) in [7, 11) is -3.54. The minimum absolute atomic E-state index is 0.131. The van der Waals surface area contributed by atoms with Crippen molar-refractivity contribution in [2.75, 3.05) is 32.7 Å². The number of rotatable bonds is 7. The topological polar surface area (TPSA) is 69.7 Å². The summed E-state index contributed by atoms with van der Waals surface area (Å²) in [6, 6.07) is 13.3. The lowest BCUT2D eigenvalue weighted by molar-refractivity contribution is -0.122. The van der Waals surface area contributed by atoms with E-state index >= 15 is 0 Å². The number of benzene rings is 2. The van der Waals surface area contributed by atoms with E-state index in [1.807, 2.05) is 17.0 Å². The summed E-state index contributed by atoms with van der Waals surface area (Å²) in [5, 5.41) is 2.72. The van der Waals surface area contributed by atoms with Crippen molar-refractivity contribution in [3.8, 4) is 0 Å². The second-order valence-electron chi connectivity index (χ2n) is 7.77. The quantitative estimate of drug-likeness (QED) is 0.729. The van der Waals surface area contributed by atoms with Gasteiger partial charge in [0, 0.05) is 38.3 Å². The van der Waals surface area contributed by atoms with Gasteiger partial charge in [-0.3, -0.25) is 9.69 Å². The van der Waals surface area contributed by atoms with Crippen LogP contribution >= 0.6 is 0 Å². The average molecular weight is 434 g/mol. The first-order chi connectivity index (χ1) is 14.3. The van der Waals surface area contributed by atoms with E-state index in [0.717, 1.165) is 5.56 Å². The van der Waals surface area contributed by atoms with Crippen molar-refractivity contribution in [3.05, 3.63) is 65.5 Å². The van der Waals surface area contributed by atoms with Gasteiger partial charge < -0.3 is 5.32 Å². The van der Waals surface area contributed by atoms with Crippen molar-refractivity contribution < 1.29 is 17.6 Å². The van der Waals surface area contributed by atoms with Crippen LogP contribution in [-0.2, 0) is 21.4 Å². The van der Waals surface area contributed by atoms with Gasteiger partial charge in [0.15, 0.2) is 0 Å². The Hall–Kier alpha value is -2.29. The zero-order valence-electron chi connectivity index (χ0n) is 17.3. The molecule has 0 spiro atoms. The number of carbonyl (C=O) groups is 1. The maximum absolute atomic E-state index is 13.6. The third-order valence-electron chi connectivity index (χ3n) is 5.32. The molecule has 3 rings (SSSR count). The van der Waals surface area contributed by atoms with Crippen LogP contribution in [0.4, 0.5) is 4.39 Å². The van der Waals surface area contributed by atoms with Crippen molar-refractivity contribution in [1.82, 2.24) is 14.5 Å². The van der Waals surface area contributed by atoms with Crippen LogP contribution in [-0.4, -0.2) is 56.3 Å². The molecule has 8 heteroatoms. The second-order valence-corrected chi connectivity index (χ2v) is 9.71. The standard InChI is InChI=1S/C22H28FN3O3S/c1-17(2)18-7-9-20(10-8-18)30(28,29)26-13-11-25(12-14-26)16-22(27)24-15-19-5-3-4-6-21(19)23/h3-10,17H,11-16H2,1-2H3,(H,24,27). The Balaban J connectivity index is 1.50. The fraction of sp³-hybridized carbons (Fsp3) is 0.409. The number of halogens is 1. The zero-order chi connectivity index (χ0) is 21.7. The molecule has 0 atom stereocenters. The molecule has 0 aromatic heterocycles. The molecule has 1 fully saturated rings. The van der Waals surface area contributed by atoms with E-state index in [4.69, 9.17) is 0 Å². The molecule has 30 heavy (non-hydrogen) atoms. The van der Waals surface area contributed by atoms with E-state index in [1.54, 1.807) is 30.3 Å². The summed E-state index contributed by atoms with van der Waals surface area (Å²) in [6.45, 7) is 6.01. The average Bonchev–Trinajstić information content (AvgIpc) is 2.73. The van der Waals surface area contributed by atoms with Crippen molar-refractivity contribution in [3.63, 3.8) is 0 Å². The van der Waals surface area contributed by atoms with Gasteiger partial charge >= 0.3 is 0 Å². The summed E-state index contributed by atoms with van der Waals surface area (Å²) in [4.78, 5) is 14.4. The number of sulfonamides is 1. The van der Waals surface area contributed by atoms with Crippen LogP contribution in [0.1, 0.15) is 30.9 Å². The molecular formula is C22H28FN3O3S.